The quantitative estimate of drug-likeness (QED) is 0.877. The fraction of sp³-hybridized carbons (Fsp3) is 0.312. The molecule has 1 atom stereocenters. The zero-order valence-electron chi connectivity index (χ0n) is 11.9. The summed E-state index contributed by atoms with van der Waals surface area (Å²) in [6.07, 6.45) is 2.92. The Morgan fingerprint density at radius 2 is 2.00 bits per heavy atom. The van der Waals surface area contributed by atoms with Crippen LogP contribution in [0.4, 0.5) is 10.1 Å². The largest absolute Gasteiger partial charge is 0.373 e. The Morgan fingerprint density at radius 3 is 2.70 bits per heavy atom. The van der Waals surface area contributed by atoms with Crippen molar-refractivity contribution in [3.8, 4) is 0 Å². The highest BCUT2D eigenvalue weighted by molar-refractivity contribution is 5.44. The predicted octanol–water partition coefficient (Wildman–Crippen LogP) is 3.01. The van der Waals surface area contributed by atoms with E-state index in [0.717, 1.165) is 18.7 Å². The van der Waals surface area contributed by atoms with Crippen molar-refractivity contribution in [3.05, 3.63) is 60.2 Å². The average molecular weight is 273 g/mol. The molecular weight excluding hydrogens is 253 g/mol. The lowest BCUT2D eigenvalue weighted by atomic mass is 10.1. The summed E-state index contributed by atoms with van der Waals surface area (Å²) in [5.41, 5.74) is 2.06. The molecule has 0 amide bonds. The second-order valence-electron chi connectivity index (χ2n) is 4.87. The Hall–Kier alpha value is -1.94. The Kier molecular flexibility index (Phi) is 5.07. The van der Waals surface area contributed by atoms with Gasteiger partial charge in [0, 0.05) is 38.1 Å². The maximum absolute atomic E-state index is 13.1. The second-order valence-corrected chi connectivity index (χ2v) is 4.87. The number of aromatic nitrogens is 1. The van der Waals surface area contributed by atoms with Gasteiger partial charge in [0.05, 0.1) is 6.20 Å². The van der Waals surface area contributed by atoms with Crippen LogP contribution >= 0.6 is 0 Å². The number of hydrogen-bond acceptors (Lipinski definition) is 3. The molecule has 2 aromatic rings. The predicted molar refractivity (Wildman–Crippen MR) is 80.3 cm³/mol. The van der Waals surface area contributed by atoms with Gasteiger partial charge in [-0.25, -0.2) is 4.39 Å². The van der Waals surface area contributed by atoms with Crippen LogP contribution in [0.5, 0.6) is 0 Å². The highest BCUT2D eigenvalue weighted by Crippen LogP contribution is 2.12. The Labute approximate surface area is 119 Å². The van der Waals surface area contributed by atoms with Crippen LogP contribution in [-0.4, -0.2) is 25.1 Å². The fourth-order valence-corrected chi connectivity index (χ4v) is 2.04. The number of nitrogens with one attached hydrogen (secondary N) is 1. The third-order valence-electron chi connectivity index (χ3n) is 3.32. The minimum absolute atomic E-state index is 0.0855. The van der Waals surface area contributed by atoms with Gasteiger partial charge in [-0.2, -0.15) is 0 Å². The van der Waals surface area contributed by atoms with E-state index in [9.17, 15) is 4.39 Å². The van der Waals surface area contributed by atoms with Crippen molar-refractivity contribution in [2.75, 3.05) is 25.0 Å². The number of likely N-dealkylation sites (N-methyl/N-ethyl adjacent to an activating group) is 1. The summed E-state index contributed by atoms with van der Waals surface area (Å²) in [5, 5.41) is 3.38. The van der Waals surface area contributed by atoms with Crippen molar-refractivity contribution in [2.24, 2.45) is 0 Å². The summed E-state index contributed by atoms with van der Waals surface area (Å²) in [4.78, 5) is 6.05. The fourth-order valence-electron chi connectivity index (χ4n) is 2.04. The van der Waals surface area contributed by atoms with Gasteiger partial charge >= 0.3 is 0 Å². The topological polar surface area (TPSA) is 28.2 Å². The summed E-state index contributed by atoms with van der Waals surface area (Å²) in [7, 11) is 2.06. The number of para-hydroxylation sites is 1. The molecule has 0 spiro atoms. The molecule has 0 saturated heterocycles. The van der Waals surface area contributed by atoms with Crippen molar-refractivity contribution < 1.29 is 4.39 Å². The van der Waals surface area contributed by atoms with Gasteiger partial charge in [0.25, 0.3) is 0 Å². The van der Waals surface area contributed by atoms with E-state index < -0.39 is 0 Å². The number of anilines is 1. The normalized spacial score (nSPS) is 12.2. The van der Waals surface area contributed by atoms with Gasteiger partial charge < -0.3 is 10.2 Å². The third-order valence-corrected chi connectivity index (χ3v) is 3.32. The average Bonchev–Trinajstić information content (AvgIpc) is 2.48. The molecule has 0 radical (unpaired) electrons. The summed E-state index contributed by atoms with van der Waals surface area (Å²) in [6, 6.07) is 11.8. The van der Waals surface area contributed by atoms with Gasteiger partial charge in [0.1, 0.15) is 5.82 Å². The van der Waals surface area contributed by atoms with E-state index in [0.29, 0.717) is 0 Å². The highest BCUT2D eigenvalue weighted by Gasteiger charge is 2.06. The third kappa shape index (κ3) is 4.03. The maximum Gasteiger partial charge on any atom is 0.141 e. The summed E-state index contributed by atoms with van der Waals surface area (Å²) in [5.74, 6) is -0.294. The van der Waals surface area contributed by atoms with Crippen molar-refractivity contribution in [2.45, 2.75) is 13.0 Å². The lowest BCUT2D eigenvalue weighted by Gasteiger charge is -2.21. The first-order chi connectivity index (χ1) is 9.66. The molecule has 20 heavy (non-hydrogen) atoms. The molecule has 4 heteroatoms. The van der Waals surface area contributed by atoms with Crippen molar-refractivity contribution in [3.63, 3.8) is 0 Å². The van der Waals surface area contributed by atoms with Crippen LogP contribution < -0.4 is 10.2 Å². The maximum atomic E-state index is 13.1. The van der Waals surface area contributed by atoms with E-state index >= 15 is 0 Å². The van der Waals surface area contributed by atoms with E-state index in [1.54, 1.807) is 6.20 Å². The molecule has 0 aliphatic heterocycles. The van der Waals surface area contributed by atoms with Gasteiger partial charge in [-0.05, 0) is 30.7 Å². The summed E-state index contributed by atoms with van der Waals surface area (Å²) >= 11 is 0. The summed E-state index contributed by atoms with van der Waals surface area (Å²) in [6.45, 7) is 3.72. The standard InChI is InChI=1S/C16H20FN3/c1-13(14-10-15(17)12-18-11-14)19-8-9-20(2)16-6-4-3-5-7-16/h3-7,10-13,19H,8-9H2,1-2H3/t13-/m0/s1. The number of benzene rings is 1. The lowest BCUT2D eigenvalue weighted by molar-refractivity contribution is 0.563. The monoisotopic (exact) mass is 273 g/mol. The van der Waals surface area contributed by atoms with E-state index in [-0.39, 0.29) is 11.9 Å². The smallest absolute Gasteiger partial charge is 0.141 e. The molecule has 3 nitrogen and oxygen atoms in total. The van der Waals surface area contributed by atoms with E-state index in [2.05, 4.69) is 34.4 Å². The highest BCUT2D eigenvalue weighted by atomic mass is 19.1. The lowest BCUT2D eigenvalue weighted by Crippen LogP contribution is -2.30. The van der Waals surface area contributed by atoms with Gasteiger partial charge in [-0.3, -0.25) is 4.98 Å². The van der Waals surface area contributed by atoms with Crippen molar-refractivity contribution >= 4 is 5.69 Å². The minimum atomic E-state index is -0.294. The van der Waals surface area contributed by atoms with Crippen molar-refractivity contribution in [1.29, 1.82) is 0 Å². The molecule has 1 heterocycles. The summed E-state index contributed by atoms with van der Waals surface area (Å²) < 4.78 is 13.1. The molecular formula is C16H20FN3. The number of pyridine rings is 1. The van der Waals surface area contributed by atoms with Crippen LogP contribution in [0.2, 0.25) is 0 Å². The van der Waals surface area contributed by atoms with Gasteiger partial charge in [-0.15, -0.1) is 0 Å². The number of halogens is 1. The molecule has 0 bridgehead atoms. The van der Waals surface area contributed by atoms with E-state index in [1.165, 1.54) is 18.0 Å². The second kappa shape index (κ2) is 7.01. The molecule has 0 aliphatic rings. The first kappa shape index (κ1) is 14.5. The van der Waals surface area contributed by atoms with Crippen LogP contribution in [0, 0.1) is 5.82 Å². The Morgan fingerprint density at radius 1 is 1.25 bits per heavy atom. The molecule has 2 rings (SSSR count). The van der Waals surface area contributed by atoms with Gasteiger partial charge in [-0.1, -0.05) is 18.2 Å². The SMILES string of the molecule is C[C@H](NCCN(C)c1ccccc1)c1cncc(F)c1. The molecule has 0 saturated carbocycles. The van der Waals surface area contributed by atoms with Crippen molar-refractivity contribution in [1.82, 2.24) is 10.3 Å². The number of hydrogen-bond donors (Lipinski definition) is 1. The number of rotatable bonds is 6. The molecule has 1 N–H and O–H groups in total. The van der Waals surface area contributed by atoms with E-state index in [1.807, 2.05) is 25.1 Å². The number of nitrogens with zero attached hydrogens (tertiary/aromatic N) is 2. The van der Waals surface area contributed by atoms with Crippen LogP contribution in [0.1, 0.15) is 18.5 Å². The van der Waals surface area contributed by atoms with Crippen LogP contribution in [0.25, 0.3) is 0 Å². The van der Waals surface area contributed by atoms with Gasteiger partial charge in [0.15, 0.2) is 0 Å². The molecule has 1 aromatic heterocycles. The first-order valence-electron chi connectivity index (χ1n) is 6.77. The van der Waals surface area contributed by atoms with Crippen LogP contribution in [0.3, 0.4) is 0 Å². The Bertz CT molecular complexity index is 530. The van der Waals surface area contributed by atoms with Gasteiger partial charge in [0.2, 0.25) is 0 Å². The molecule has 1 aromatic carbocycles. The zero-order valence-corrected chi connectivity index (χ0v) is 11.9. The van der Waals surface area contributed by atoms with Crippen LogP contribution in [-0.2, 0) is 0 Å². The zero-order chi connectivity index (χ0) is 14.4. The molecule has 0 unspecified atom stereocenters. The first-order valence-corrected chi connectivity index (χ1v) is 6.77. The minimum Gasteiger partial charge on any atom is -0.373 e. The molecule has 0 aliphatic carbocycles. The molecule has 0 fully saturated rings. The van der Waals surface area contributed by atoms with Crippen LogP contribution in [0.15, 0.2) is 48.8 Å². The van der Waals surface area contributed by atoms with E-state index in [4.69, 9.17) is 0 Å². The molecule has 106 valence electrons. The Balaban J connectivity index is 1.81.